The van der Waals surface area contributed by atoms with E-state index in [1.54, 1.807) is 38.4 Å². The molecule has 2 aromatic carbocycles. The molecule has 1 aromatic heterocycles. The first-order valence-electron chi connectivity index (χ1n) is 7.88. The second kappa shape index (κ2) is 6.97. The van der Waals surface area contributed by atoms with E-state index in [9.17, 15) is 15.0 Å². The molecule has 7 heteroatoms. The van der Waals surface area contributed by atoms with Gasteiger partial charge in [-0.3, -0.25) is 4.79 Å². The minimum atomic E-state index is -0.455. The van der Waals surface area contributed by atoms with Crippen molar-refractivity contribution in [2.45, 2.75) is 6.54 Å². The molecular formula is C19H19NO6. The molecule has 0 spiro atoms. The number of aromatic hydroxyl groups is 2. The van der Waals surface area contributed by atoms with Crippen LogP contribution in [0.4, 0.5) is 0 Å². The highest BCUT2D eigenvalue weighted by Gasteiger charge is 2.24. The maximum atomic E-state index is 13.0. The minimum Gasteiger partial charge on any atom is -0.504 e. The van der Waals surface area contributed by atoms with E-state index in [0.717, 1.165) is 0 Å². The molecule has 0 atom stereocenters. The molecule has 26 heavy (non-hydrogen) atoms. The van der Waals surface area contributed by atoms with Gasteiger partial charge in [-0.1, -0.05) is 12.1 Å². The van der Waals surface area contributed by atoms with Gasteiger partial charge in [0.05, 0.1) is 25.3 Å². The molecule has 0 aliphatic heterocycles. The first-order chi connectivity index (χ1) is 12.5. The van der Waals surface area contributed by atoms with E-state index in [1.165, 1.54) is 13.4 Å². The van der Waals surface area contributed by atoms with Crippen molar-refractivity contribution in [1.29, 1.82) is 0 Å². The molecule has 136 valence electrons. The first kappa shape index (κ1) is 17.6. The average molecular weight is 357 g/mol. The Hall–Kier alpha value is -3.19. The van der Waals surface area contributed by atoms with E-state index in [2.05, 4.69) is 5.32 Å². The number of phenols is 2. The standard InChI is InChI=1S/C19H19NO6/c1-20-8-12-16(22)19(25-3)17(23)14-15(21)13(9-26-18(12)14)10-4-6-11(24-2)7-5-10/h4-7,9,20,22-23H,8H2,1-3H3. The monoisotopic (exact) mass is 357 g/mol. The van der Waals surface area contributed by atoms with Crippen LogP contribution in [0.15, 0.2) is 39.7 Å². The summed E-state index contributed by atoms with van der Waals surface area (Å²) in [6, 6.07) is 6.89. The second-order valence-corrected chi connectivity index (χ2v) is 5.65. The van der Waals surface area contributed by atoms with Gasteiger partial charge < -0.3 is 29.4 Å². The Morgan fingerprint density at radius 1 is 1.08 bits per heavy atom. The number of phenolic OH excluding ortho intramolecular Hbond substituents is 2. The van der Waals surface area contributed by atoms with Crippen LogP contribution < -0.4 is 20.2 Å². The fourth-order valence-electron chi connectivity index (χ4n) is 2.88. The maximum Gasteiger partial charge on any atom is 0.204 e. The summed E-state index contributed by atoms with van der Waals surface area (Å²) in [5, 5.41) is 23.7. The van der Waals surface area contributed by atoms with Gasteiger partial charge in [-0.2, -0.15) is 0 Å². The lowest BCUT2D eigenvalue weighted by Crippen LogP contribution is -2.11. The van der Waals surface area contributed by atoms with Crippen molar-refractivity contribution in [3.63, 3.8) is 0 Å². The summed E-state index contributed by atoms with van der Waals surface area (Å²) < 4.78 is 15.8. The van der Waals surface area contributed by atoms with Crippen molar-refractivity contribution in [3.8, 4) is 34.1 Å². The topological polar surface area (TPSA) is 101 Å². The Bertz CT molecular complexity index is 1010. The molecule has 0 aliphatic carbocycles. The van der Waals surface area contributed by atoms with Crippen LogP contribution in [0.25, 0.3) is 22.1 Å². The van der Waals surface area contributed by atoms with Crippen molar-refractivity contribution in [2.75, 3.05) is 21.3 Å². The summed E-state index contributed by atoms with van der Waals surface area (Å²) in [6.07, 6.45) is 1.32. The van der Waals surface area contributed by atoms with Gasteiger partial charge in [0.2, 0.25) is 11.2 Å². The van der Waals surface area contributed by atoms with E-state index in [1.807, 2.05) is 0 Å². The van der Waals surface area contributed by atoms with E-state index in [-0.39, 0.29) is 34.6 Å². The van der Waals surface area contributed by atoms with E-state index < -0.39 is 11.2 Å². The Morgan fingerprint density at radius 3 is 2.35 bits per heavy atom. The van der Waals surface area contributed by atoms with Crippen molar-refractivity contribution < 1.29 is 24.1 Å². The minimum absolute atomic E-state index is 0.0433. The van der Waals surface area contributed by atoms with Crippen LogP contribution in [-0.2, 0) is 6.54 Å². The van der Waals surface area contributed by atoms with Crippen LogP contribution in [0, 0.1) is 0 Å². The third-order valence-corrected chi connectivity index (χ3v) is 4.18. The third kappa shape index (κ3) is 2.72. The SMILES string of the molecule is CNCc1c(O)c(OC)c(O)c2c(=O)c(-c3ccc(OC)cc3)coc12. The predicted molar refractivity (Wildman–Crippen MR) is 97.1 cm³/mol. The summed E-state index contributed by atoms with van der Waals surface area (Å²) in [6.45, 7) is 0.226. The van der Waals surface area contributed by atoms with Gasteiger partial charge in [-0.15, -0.1) is 0 Å². The Labute approximate surface area is 149 Å². The number of hydrogen-bond acceptors (Lipinski definition) is 7. The molecule has 0 saturated carbocycles. The highest BCUT2D eigenvalue weighted by molar-refractivity contribution is 5.93. The van der Waals surface area contributed by atoms with Crippen LogP contribution in [0.1, 0.15) is 5.56 Å². The third-order valence-electron chi connectivity index (χ3n) is 4.18. The van der Waals surface area contributed by atoms with Gasteiger partial charge in [-0.05, 0) is 24.7 Å². The average Bonchev–Trinajstić information content (AvgIpc) is 2.65. The molecule has 3 N–H and O–H groups in total. The zero-order valence-corrected chi connectivity index (χ0v) is 14.6. The number of methoxy groups -OCH3 is 2. The number of ether oxygens (including phenoxy) is 2. The quantitative estimate of drug-likeness (QED) is 0.645. The van der Waals surface area contributed by atoms with Crippen molar-refractivity contribution in [2.24, 2.45) is 0 Å². The fraction of sp³-hybridized carbons (Fsp3) is 0.211. The summed E-state index contributed by atoms with van der Waals surface area (Å²) in [5.74, 6) is -0.234. The molecule has 0 aliphatic rings. The Morgan fingerprint density at radius 2 is 1.77 bits per heavy atom. The summed E-state index contributed by atoms with van der Waals surface area (Å²) in [4.78, 5) is 13.0. The number of nitrogens with one attached hydrogen (secondary N) is 1. The van der Waals surface area contributed by atoms with Crippen LogP contribution >= 0.6 is 0 Å². The van der Waals surface area contributed by atoms with Gasteiger partial charge >= 0.3 is 0 Å². The Kier molecular flexibility index (Phi) is 4.73. The van der Waals surface area contributed by atoms with Gasteiger partial charge in [-0.25, -0.2) is 0 Å². The molecule has 0 radical (unpaired) electrons. The van der Waals surface area contributed by atoms with E-state index in [0.29, 0.717) is 16.9 Å². The van der Waals surface area contributed by atoms with Crippen LogP contribution in [0.5, 0.6) is 23.0 Å². The molecule has 0 amide bonds. The summed E-state index contributed by atoms with van der Waals surface area (Å²) in [5.41, 5.74) is 0.902. The van der Waals surface area contributed by atoms with Crippen molar-refractivity contribution >= 4 is 11.0 Å². The lowest BCUT2D eigenvalue weighted by molar-refractivity contribution is 0.343. The van der Waals surface area contributed by atoms with Crippen LogP contribution in [-0.4, -0.2) is 31.5 Å². The van der Waals surface area contributed by atoms with E-state index in [4.69, 9.17) is 13.9 Å². The Balaban J connectivity index is 2.33. The lowest BCUT2D eigenvalue weighted by atomic mass is 10.0. The van der Waals surface area contributed by atoms with Crippen molar-refractivity contribution in [1.82, 2.24) is 5.32 Å². The zero-order valence-electron chi connectivity index (χ0n) is 14.6. The summed E-state index contributed by atoms with van der Waals surface area (Å²) in [7, 11) is 4.55. The fourth-order valence-corrected chi connectivity index (χ4v) is 2.88. The summed E-state index contributed by atoms with van der Waals surface area (Å²) >= 11 is 0. The lowest BCUT2D eigenvalue weighted by Gasteiger charge is -2.14. The molecule has 3 rings (SSSR count). The predicted octanol–water partition coefficient (Wildman–Crippen LogP) is 2.61. The van der Waals surface area contributed by atoms with Gasteiger partial charge in [0.1, 0.15) is 23.0 Å². The molecule has 0 bridgehead atoms. The van der Waals surface area contributed by atoms with Gasteiger partial charge in [0.15, 0.2) is 11.5 Å². The van der Waals surface area contributed by atoms with Crippen LogP contribution in [0.2, 0.25) is 0 Å². The van der Waals surface area contributed by atoms with E-state index >= 15 is 0 Å². The molecule has 7 nitrogen and oxygen atoms in total. The van der Waals surface area contributed by atoms with Crippen molar-refractivity contribution in [3.05, 3.63) is 46.3 Å². The number of hydrogen-bond donors (Lipinski definition) is 3. The zero-order chi connectivity index (χ0) is 18.8. The number of fused-ring (bicyclic) bond motifs is 1. The molecule has 0 unspecified atom stereocenters. The molecule has 0 fully saturated rings. The molecule has 3 aromatic rings. The molecular weight excluding hydrogens is 338 g/mol. The highest BCUT2D eigenvalue weighted by Crippen LogP contribution is 2.44. The number of rotatable bonds is 5. The van der Waals surface area contributed by atoms with Crippen LogP contribution in [0.3, 0.4) is 0 Å². The molecule has 0 saturated heterocycles. The molecule has 1 heterocycles. The normalized spacial score (nSPS) is 10.9. The smallest absolute Gasteiger partial charge is 0.204 e. The second-order valence-electron chi connectivity index (χ2n) is 5.65. The van der Waals surface area contributed by atoms with Gasteiger partial charge in [0.25, 0.3) is 0 Å². The number of benzene rings is 2. The highest BCUT2D eigenvalue weighted by atomic mass is 16.5. The van der Waals surface area contributed by atoms with Gasteiger partial charge in [0, 0.05) is 6.54 Å². The maximum absolute atomic E-state index is 13.0. The first-order valence-corrected chi connectivity index (χ1v) is 7.88. The largest absolute Gasteiger partial charge is 0.504 e.